The summed E-state index contributed by atoms with van der Waals surface area (Å²) in [6.07, 6.45) is 0. The third-order valence-corrected chi connectivity index (χ3v) is 16.4. The summed E-state index contributed by atoms with van der Waals surface area (Å²) >= 11 is 0. The van der Waals surface area contributed by atoms with E-state index in [2.05, 4.69) is 282 Å². The number of fused-ring (bicyclic) bond motifs is 9. The van der Waals surface area contributed by atoms with E-state index >= 15 is 0 Å². The predicted octanol–water partition coefficient (Wildman–Crippen LogP) is 17.4. The molecular weight excluding hydrogens is 896 g/mol. The van der Waals surface area contributed by atoms with Gasteiger partial charge in [-0.2, -0.15) is 0 Å². The second-order valence-electron chi connectivity index (χ2n) is 27.0. The Morgan fingerprint density at radius 1 is 0.378 bits per heavy atom. The van der Waals surface area contributed by atoms with Gasteiger partial charge in [-0.05, 0) is 175 Å². The van der Waals surface area contributed by atoms with Gasteiger partial charge in [-0.3, -0.25) is 0 Å². The molecule has 3 aliphatic rings. The van der Waals surface area contributed by atoms with Gasteiger partial charge in [0.25, 0.3) is 6.71 Å². The molecular formula is C69H73BN4. The van der Waals surface area contributed by atoms with Gasteiger partial charge in [0, 0.05) is 50.6 Å². The molecule has 12 rings (SSSR count). The topological polar surface area (TPSA) is 14.7 Å². The minimum Gasteiger partial charge on any atom is -0.311 e. The van der Waals surface area contributed by atoms with E-state index in [0.717, 1.165) is 22.7 Å². The molecule has 4 nitrogen and oxygen atoms in total. The lowest BCUT2D eigenvalue weighted by molar-refractivity contribution is 0.590. The zero-order valence-corrected chi connectivity index (χ0v) is 46.8. The van der Waals surface area contributed by atoms with Crippen molar-refractivity contribution in [3.05, 3.63) is 185 Å². The molecule has 0 spiro atoms. The molecule has 0 N–H and O–H groups in total. The lowest BCUT2D eigenvalue weighted by Crippen LogP contribution is -2.62. The van der Waals surface area contributed by atoms with Crippen LogP contribution in [0.2, 0.25) is 0 Å². The summed E-state index contributed by atoms with van der Waals surface area (Å²) in [5.74, 6) is 0. The van der Waals surface area contributed by atoms with Crippen molar-refractivity contribution in [2.45, 2.75) is 138 Å². The Labute approximate surface area is 441 Å². The molecule has 0 radical (unpaired) electrons. The number of nitrogens with zero attached hydrogens (tertiary/aromatic N) is 4. The first-order valence-corrected chi connectivity index (χ1v) is 27.0. The summed E-state index contributed by atoms with van der Waals surface area (Å²) in [6, 6.07) is 59.3. The van der Waals surface area contributed by atoms with E-state index < -0.39 is 0 Å². The van der Waals surface area contributed by atoms with Crippen molar-refractivity contribution >= 4 is 96.1 Å². The Balaban J connectivity index is 1.18. The molecule has 74 heavy (non-hydrogen) atoms. The maximum absolute atomic E-state index is 2.69. The van der Waals surface area contributed by atoms with Gasteiger partial charge in [0.15, 0.2) is 0 Å². The van der Waals surface area contributed by atoms with Gasteiger partial charge in [-0.1, -0.05) is 165 Å². The normalized spacial score (nSPS) is 14.1. The van der Waals surface area contributed by atoms with Crippen LogP contribution in [-0.4, -0.2) is 11.3 Å². The van der Waals surface area contributed by atoms with Crippen molar-refractivity contribution in [2.24, 2.45) is 0 Å². The molecule has 1 aromatic heterocycles. The van der Waals surface area contributed by atoms with E-state index in [4.69, 9.17) is 0 Å². The van der Waals surface area contributed by atoms with Gasteiger partial charge in [0.05, 0.1) is 28.1 Å². The van der Waals surface area contributed by atoms with Crippen molar-refractivity contribution in [2.75, 3.05) is 14.7 Å². The first-order valence-electron chi connectivity index (χ1n) is 27.0. The van der Waals surface area contributed by atoms with Crippen molar-refractivity contribution < 1.29 is 0 Å². The molecule has 0 aliphatic carbocycles. The van der Waals surface area contributed by atoms with Crippen LogP contribution in [0.25, 0.3) is 27.5 Å². The highest BCUT2D eigenvalue weighted by Crippen LogP contribution is 2.55. The minimum atomic E-state index is -0.117. The second kappa shape index (κ2) is 16.0. The number of aromatic nitrogens is 1. The number of para-hydroxylation sites is 1. The summed E-state index contributed by atoms with van der Waals surface area (Å²) < 4.78 is 2.64. The lowest BCUT2D eigenvalue weighted by Gasteiger charge is -2.47. The number of anilines is 9. The van der Waals surface area contributed by atoms with Crippen molar-refractivity contribution in [3.8, 4) is 5.69 Å². The van der Waals surface area contributed by atoms with E-state index in [0.29, 0.717) is 0 Å². The van der Waals surface area contributed by atoms with Crippen molar-refractivity contribution in [3.63, 3.8) is 0 Å². The zero-order chi connectivity index (χ0) is 52.3. The molecule has 0 fully saturated rings. The van der Waals surface area contributed by atoms with Crippen LogP contribution in [0.15, 0.2) is 152 Å². The zero-order valence-electron chi connectivity index (χ0n) is 46.8. The average molecular weight is 969 g/mol. The monoisotopic (exact) mass is 969 g/mol. The van der Waals surface area contributed by atoms with Crippen LogP contribution in [0.5, 0.6) is 0 Å². The van der Waals surface area contributed by atoms with Crippen LogP contribution in [-0.2, 0) is 27.1 Å². The number of rotatable bonds is 4. The predicted molar refractivity (Wildman–Crippen MR) is 321 cm³/mol. The fraction of sp³-hybridized carbons (Fsp3) is 0.304. The second-order valence-corrected chi connectivity index (χ2v) is 27.0. The smallest absolute Gasteiger partial charge is 0.252 e. The SMILES string of the molecule is Cc1cc2c3c(c1)N1c4c(cc(C(C)(C)C)cc4-n4c5ccc(C(C)(C)C)cc5c5cc(C(C)(C)C)cc1c54)B3c1ccc(N(c3ccc(C(C)(C)C)cc3)c3ccc(C(C)(C)C)cc3)cc1N2c1ccccc1. The van der Waals surface area contributed by atoms with Gasteiger partial charge in [-0.15, -0.1) is 0 Å². The highest BCUT2D eigenvalue weighted by molar-refractivity contribution is 7.00. The molecule has 0 bridgehead atoms. The Hall–Kier alpha value is -6.98. The largest absolute Gasteiger partial charge is 0.311 e. The van der Waals surface area contributed by atoms with E-state index in [1.807, 2.05) is 0 Å². The maximum atomic E-state index is 2.69. The van der Waals surface area contributed by atoms with Gasteiger partial charge >= 0.3 is 0 Å². The van der Waals surface area contributed by atoms with E-state index in [1.165, 1.54) is 106 Å². The summed E-state index contributed by atoms with van der Waals surface area (Å²) in [7, 11) is 0. The molecule has 0 atom stereocenters. The van der Waals surface area contributed by atoms with Crippen LogP contribution in [0, 0.1) is 6.92 Å². The van der Waals surface area contributed by atoms with Gasteiger partial charge in [0.2, 0.25) is 0 Å². The summed E-state index contributed by atoms with van der Waals surface area (Å²) in [5.41, 5.74) is 26.4. The molecule has 372 valence electrons. The summed E-state index contributed by atoms with van der Waals surface area (Å²) in [6.45, 7) is 37.3. The molecule has 0 unspecified atom stereocenters. The number of benzene rings is 8. The summed E-state index contributed by atoms with van der Waals surface area (Å²) in [5, 5.41) is 2.64. The third kappa shape index (κ3) is 7.46. The minimum absolute atomic E-state index is 0.00468. The molecule has 5 heteroatoms. The number of hydrogen-bond donors (Lipinski definition) is 0. The van der Waals surface area contributed by atoms with Crippen molar-refractivity contribution in [1.82, 2.24) is 4.57 Å². The molecule has 8 aromatic carbocycles. The van der Waals surface area contributed by atoms with E-state index in [-0.39, 0.29) is 33.8 Å². The van der Waals surface area contributed by atoms with E-state index in [1.54, 1.807) is 0 Å². The maximum Gasteiger partial charge on any atom is 0.252 e. The number of hydrogen-bond acceptors (Lipinski definition) is 3. The fourth-order valence-corrected chi connectivity index (χ4v) is 12.2. The lowest BCUT2D eigenvalue weighted by atomic mass is 9.33. The van der Waals surface area contributed by atoms with Gasteiger partial charge in [-0.25, -0.2) is 0 Å². The first kappa shape index (κ1) is 48.0. The Bertz CT molecular complexity index is 3690. The van der Waals surface area contributed by atoms with Crippen LogP contribution in [0.3, 0.4) is 0 Å². The number of aryl methyl sites for hydroxylation is 1. The Morgan fingerprint density at radius 2 is 0.878 bits per heavy atom. The quantitative estimate of drug-likeness (QED) is 0.163. The highest BCUT2D eigenvalue weighted by Gasteiger charge is 2.47. The summed E-state index contributed by atoms with van der Waals surface area (Å²) in [4.78, 5) is 7.72. The molecule has 4 heterocycles. The average Bonchev–Trinajstić information content (AvgIpc) is 3.74. The van der Waals surface area contributed by atoms with Crippen LogP contribution in [0.1, 0.15) is 137 Å². The van der Waals surface area contributed by atoms with Crippen LogP contribution in [0.4, 0.5) is 51.2 Å². The molecule has 0 saturated carbocycles. The van der Waals surface area contributed by atoms with E-state index in [9.17, 15) is 0 Å². The molecule has 0 saturated heterocycles. The Kier molecular flexibility index (Phi) is 10.4. The fourth-order valence-electron chi connectivity index (χ4n) is 12.2. The third-order valence-electron chi connectivity index (χ3n) is 16.4. The highest BCUT2D eigenvalue weighted by atomic mass is 15.2. The van der Waals surface area contributed by atoms with Crippen LogP contribution >= 0.6 is 0 Å². The molecule has 0 amide bonds. The Morgan fingerprint density at radius 3 is 1.45 bits per heavy atom. The van der Waals surface area contributed by atoms with Gasteiger partial charge < -0.3 is 19.3 Å². The van der Waals surface area contributed by atoms with Crippen molar-refractivity contribution in [1.29, 1.82) is 0 Å². The van der Waals surface area contributed by atoms with Gasteiger partial charge in [0.1, 0.15) is 0 Å². The first-order chi connectivity index (χ1) is 34.8. The van der Waals surface area contributed by atoms with Crippen LogP contribution < -0.4 is 31.1 Å². The molecule has 3 aliphatic heterocycles. The molecule has 9 aromatic rings. The standard InChI is InChI=1S/C69H73BN4/c1-42-34-58-62-59(35-42)74-60-39-46(68(11,12)13)37-53-52-36-45(67(8,9)10)26-33-56(52)73(63(53)60)61-40-47(69(14,15)16)38-55(64(61)74)70(62)54-32-31-51(41-57(54)72(58)48-20-18-17-19-21-48)71(49-27-22-43(23-28-49)65(2,3)4)50-29-24-44(25-30-50)66(5,6)7/h17-41H,1-16H3.